The first-order valence-corrected chi connectivity index (χ1v) is 0. The number of rotatable bonds is 0. The van der Waals surface area contributed by atoms with Crippen LogP contribution in [0.5, 0.6) is 0 Å². The quantitative estimate of drug-likeness (QED) is 0.494. The van der Waals surface area contributed by atoms with E-state index in [9.17, 15) is 0 Å². The Hall–Kier alpha value is 1.87. The van der Waals surface area contributed by atoms with Crippen LogP contribution in [-0.2, 0) is 50.3 Å². The minimum absolute atomic E-state index is 0. The molecule has 0 aliphatic carbocycles. The Morgan fingerprint density at radius 1 is 1.00 bits per heavy atom. The number of hydrogen-bond donors (Lipinski definition) is 0. The summed E-state index contributed by atoms with van der Waals surface area (Å²) in [5.41, 5.74) is 0. The number of hydrogen-bond acceptors (Lipinski definition) is 0. The summed E-state index contributed by atoms with van der Waals surface area (Å²) >= 11 is 0. The summed E-state index contributed by atoms with van der Waals surface area (Å²) in [5, 5.41) is 0. The van der Waals surface area contributed by atoms with Crippen LogP contribution in [0.1, 0.15) is 0 Å². The van der Waals surface area contributed by atoms with E-state index >= 15 is 0 Å². The van der Waals surface area contributed by atoms with Gasteiger partial charge < -0.3 is 0 Å². The van der Waals surface area contributed by atoms with Crippen LogP contribution >= 0.6 is 13.5 Å². The molecule has 0 N–H and O–H groups in total. The van der Waals surface area contributed by atoms with Crippen LogP contribution in [0.3, 0.4) is 0 Å². The van der Waals surface area contributed by atoms with E-state index < -0.39 is 0 Å². The summed E-state index contributed by atoms with van der Waals surface area (Å²) < 4.78 is 0. The van der Waals surface area contributed by atoms with Gasteiger partial charge in [-0.15, -0.1) is 0 Å². The van der Waals surface area contributed by atoms with Gasteiger partial charge in [-0.3, -0.25) is 0 Å². The SMILES string of the molecule is S.[Co].[Mn].[Ni]. The van der Waals surface area contributed by atoms with Crippen molar-refractivity contribution in [2.45, 2.75) is 0 Å². The molecule has 4 heavy (non-hydrogen) atoms. The van der Waals surface area contributed by atoms with Crippen LogP contribution in [0, 0.1) is 0 Å². The summed E-state index contributed by atoms with van der Waals surface area (Å²) in [7, 11) is 0. The Kier molecular flexibility index (Phi) is 208. The van der Waals surface area contributed by atoms with Crippen molar-refractivity contribution in [1.82, 2.24) is 0 Å². The van der Waals surface area contributed by atoms with Gasteiger partial charge in [-0.05, 0) is 0 Å². The predicted molar refractivity (Wildman–Crippen MR) is 10.4 cm³/mol. The fourth-order valence-electron chi connectivity index (χ4n) is 0. The Balaban J connectivity index is 0. The van der Waals surface area contributed by atoms with E-state index in [1.165, 1.54) is 0 Å². The largest absolute Gasteiger partial charge is 0.197 e. The van der Waals surface area contributed by atoms with Crippen molar-refractivity contribution < 1.29 is 50.3 Å². The van der Waals surface area contributed by atoms with E-state index in [-0.39, 0.29) is 63.8 Å². The molecule has 0 bridgehead atoms. The summed E-state index contributed by atoms with van der Waals surface area (Å²) in [5.74, 6) is 0. The molecule has 0 unspecified atom stereocenters. The molecule has 0 aliphatic rings. The van der Waals surface area contributed by atoms with E-state index in [1.807, 2.05) is 0 Å². The van der Waals surface area contributed by atoms with Gasteiger partial charge in [-0.1, -0.05) is 0 Å². The molecule has 0 saturated heterocycles. The second kappa shape index (κ2) is 20.9. The third-order valence-electron chi connectivity index (χ3n) is 0. The third kappa shape index (κ3) is 9.12. The fourth-order valence-corrected chi connectivity index (χ4v) is 0. The van der Waals surface area contributed by atoms with Gasteiger partial charge in [0.2, 0.25) is 0 Å². The first kappa shape index (κ1) is 39.8. The first-order valence-electron chi connectivity index (χ1n) is 0. The van der Waals surface area contributed by atoms with Crippen LogP contribution in [0.2, 0.25) is 0 Å². The maximum Gasteiger partial charge on any atom is 0 e. The van der Waals surface area contributed by atoms with Gasteiger partial charge in [-0.2, -0.15) is 13.5 Å². The zero-order valence-electron chi connectivity index (χ0n) is 1.53. The summed E-state index contributed by atoms with van der Waals surface area (Å²) in [6.07, 6.45) is 0. The zero-order chi connectivity index (χ0) is 0. The molecule has 0 aromatic carbocycles. The summed E-state index contributed by atoms with van der Waals surface area (Å²) in [6.45, 7) is 0. The first-order chi connectivity index (χ1) is 0. The van der Waals surface area contributed by atoms with Gasteiger partial charge in [0.15, 0.2) is 0 Å². The molecular formula is H2CoMnNiS. The van der Waals surface area contributed by atoms with Crippen LogP contribution < -0.4 is 0 Å². The molecule has 0 rings (SSSR count). The molecule has 0 aliphatic heterocycles. The molecule has 0 nitrogen and oxygen atoms in total. The molecule has 0 heterocycles. The van der Waals surface area contributed by atoms with Crippen molar-refractivity contribution in [2.75, 3.05) is 0 Å². The van der Waals surface area contributed by atoms with Gasteiger partial charge in [-0.25, -0.2) is 0 Å². The van der Waals surface area contributed by atoms with Crippen molar-refractivity contribution in [3.05, 3.63) is 0 Å². The molecule has 2 radical (unpaired) electrons. The van der Waals surface area contributed by atoms with Gasteiger partial charge in [0.25, 0.3) is 0 Å². The Morgan fingerprint density at radius 3 is 1.00 bits per heavy atom. The normalized spacial score (nSPS) is 0. The molecule has 0 aromatic rings. The molecule has 0 fully saturated rings. The van der Waals surface area contributed by atoms with Crippen molar-refractivity contribution in [3.8, 4) is 0 Å². The molecule has 0 spiro atoms. The Bertz CT molecular complexity index is 8.00. The van der Waals surface area contributed by atoms with Crippen LogP contribution in [0.25, 0.3) is 0 Å². The standard InChI is InChI=1S/Co.Mn.Ni.H2S/h;;;1H2. The van der Waals surface area contributed by atoms with Crippen molar-refractivity contribution in [1.29, 1.82) is 0 Å². The van der Waals surface area contributed by atoms with E-state index in [1.54, 1.807) is 0 Å². The van der Waals surface area contributed by atoms with Crippen molar-refractivity contribution in [2.24, 2.45) is 0 Å². The van der Waals surface area contributed by atoms with E-state index in [2.05, 4.69) is 0 Å². The monoisotopic (exact) mass is 206 g/mol. The second-order valence-electron chi connectivity index (χ2n) is 0. The summed E-state index contributed by atoms with van der Waals surface area (Å²) in [4.78, 5) is 0. The molecular weight excluding hydrogens is 205 g/mol. The van der Waals surface area contributed by atoms with Crippen LogP contribution in [-0.4, -0.2) is 0 Å². The fraction of sp³-hybridized carbons (Fsp3) is 0. The van der Waals surface area contributed by atoms with Crippen LogP contribution in [0.15, 0.2) is 0 Å². The molecule has 0 aromatic heterocycles. The Labute approximate surface area is 63.5 Å². The van der Waals surface area contributed by atoms with Gasteiger partial charge in [0.1, 0.15) is 0 Å². The summed E-state index contributed by atoms with van der Waals surface area (Å²) in [6, 6.07) is 0. The van der Waals surface area contributed by atoms with Crippen LogP contribution in [0.4, 0.5) is 0 Å². The maximum absolute atomic E-state index is 0. The second-order valence-corrected chi connectivity index (χ2v) is 0. The average molecular weight is 207 g/mol. The molecule has 34 valence electrons. The minimum atomic E-state index is 0. The van der Waals surface area contributed by atoms with Crippen molar-refractivity contribution in [3.63, 3.8) is 0 Å². The smallest absolute Gasteiger partial charge is 0 e. The van der Waals surface area contributed by atoms with Gasteiger partial charge >= 0.3 is 0 Å². The van der Waals surface area contributed by atoms with Crippen molar-refractivity contribution >= 4 is 13.5 Å². The van der Waals surface area contributed by atoms with Gasteiger partial charge in [0, 0.05) is 50.3 Å². The third-order valence-corrected chi connectivity index (χ3v) is 0. The topological polar surface area (TPSA) is 0 Å². The van der Waals surface area contributed by atoms with Gasteiger partial charge in [0.05, 0.1) is 0 Å². The zero-order valence-corrected chi connectivity index (χ0v) is 5.74. The maximum atomic E-state index is 0. The molecule has 0 atom stereocenters. The van der Waals surface area contributed by atoms with E-state index in [0.29, 0.717) is 0 Å². The van der Waals surface area contributed by atoms with E-state index in [0.717, 1.165) is 0 Å². The minimum Gasteiger partial charge on any atom is -0.197 e. The van der Waals surface area contributed by atoms with E-state index in [4.69, 9.17) is 0 Å². The predicted octanol–water partition coefficient (Wildman–Crippen LogP) is 0.105. The molecule has 0 saturated carbocycles. The molecule has 0 amide bonds. The average Bonchev–Trinajstić information content (AvgIpc) is 0. The molecule has 4 heteroatoms. The Morgan fingerprint density at radius 2 is 1.00 bits per heavy atom.